The van der Waals surface area contributed by atoms with Crippen molar-refractivity contribution >= 4 is 29.1 Å². The highest BCUT2D eigenvalue weighted by molar-refractivity contribution is 6.30. The number of hydrogen-bond donors (Lipinski definition) is 0. The van der Waals surface area contributed by atoms with Gasteiger partial charge in [-0.1, -0.05) is 66.5 Å². The highest BCUT2D eigenvalue weighted by Gasteiger charge is 2.49. The van der Waals surface area contributed by atoms with Gasteiger partial charge < -0.3 is 4.90 Å². The SMILES string of the molecule is C=CCC1(C)CC(c2cccc(Cl)c2)C(c2ccc(Cl)cc2)N(Cc2ccccn2)C1=O. The van der Waals surface area contributed by atoms with Crippen molar-refractivity contribution in [2.24, 2.45) is 5.41 Å². The third-order valence-corrected chi connectivity index (χ3v) is 6.79. The molecule has 3 aromatic rings. The molecule has 164 valence electrons. The molecule has 1 aromatic heterocycles. The molecule has 1 saturated heterocycles. The molecular formula is C27H26Cl2N2O. The maximum Gasteiger partial charge on any atom is 0.229 e. The van der Waals surface area contributed by atoms with Gasteiger partial charge in [0, 0.05) is 22.2 Å². The third kappa shape index (κ3) is 4.60. The van der Waals surface area contributed by atoms with Crippen LogP contribution in [-0.2, 0) is 11.3 Å². The van der Waals surface area contributed by atoms with Crippen molar-refractivity contribution in [1.29, 1.82) is 0 Å². The van der Waals surface area contributed by atoms with Gasteiger partial charge in [0.15, 0.2) is 0 Å². The molecule has 2 aromatic carbocycles. The molecule has 32 heavy (non-hydrogen) atoms. The summed E-state index contributed by atoms with van der Waals surface area (Å²) in [6, 6.07) is 21.4. The fourth-order valence-electron chi connectivity index (χ4n) is 4.81. The number of likely N-dealkylation sites (tertiary alicyclic amines) is 1. The number of carbonyl (C=O) groups is 1. The van der Waals surface area contributed by atoms with E-state index in [4.69, 9.17) is 23.2 Å². The van der Waals surface area contributed by atoms with E-state index in [2.05, 4.69) is 17.6 Å². The first-order valence-electron chi connectivity index (χ1n) is 10.7. The summed E-state index contributed by atoms with van der Waals surface area (Å²) in [5.74, 6) is 0.169. The van der Waals surface area contributed by atoms with Crippen LogP contribution in [0.5, 0.6) is 0 Å². The average molecular weight is 465 g/mol. The van der Waals surface area contributed by atoms with Gasteiger partial charge >= 0.3 is 0 Å². The maximum atomic E-state index is 13.9. The standard InChI is InChI=1S/C27H26Cl2N2O/c1-3-14-27(2)17-24(20-7-6-8-22(29)16-20)25(19-10-12-21(28)13-11-19)31(26(27)32)18-23-9-4-5-15-30-23/h3-13,15-16,24-25H,1,14,17-18H2,2H3. The Balaban J connectivity index is 1.87. The quantitative estimate of drug-likeness (QED) is 0.360. The van der Waals surface area contributed by atoms with Crippen LogP contribution in [0.25, 0.3) is 0 Å². The molecule has 3 atom stereocenters. The zero-order valence-electron chi connectivity index (χ0n) is 18.0. The number of nitrogens with zero attached hydrogens (tertiary/aromatic N) is 2. The van der Waals surface area contributed by atoms with E-state index in [1.165, 1.54) is 0 Å². The van der Waals surface area contributed by atoms with Gasteiger partial charge in [-0.2, -0.15) is 0 Å². The van der Waals surface area contributed by atoms with Crippen LogP contribution in [0.1, 0.15) is 48.5 Å². The minimum absolute atomic E-state index is 0.0567. The van der Waals surface area contributed by atoms with Gasteiger partial charge in [-0.3, -0.25) is 9.78 Å². The van der Waals surface area contributed by atoms with Crippen LogP contribution >= 0.6 is 23.2 Å². The summed E-state index contributed by atoms with van der Waals surface area (Å²) in [6.07, 6.45) is 4.91. The average Bonchev–Trinajstić information content (AvgIpc) is 2.79. The lowest BCUT2D eigenvalue weighted by atomic mass is 9.67. The normalized spacial score (nSPS) is 23.2. The first kappa shape index (κ1) is 22.6. The van der Waals surface area contributed by atoms with E-state index in [-0.39, 0.29) is 17.9 Å². The predicted octanol–water partition coefficient (Wildman–Crippen LogP) is 7.23. The number of rotatable bonds is 6. The van der Waals surface area contributed by atoms with Gasteiger partial charge in [-0.15, -0.1) is 6.58 Å². The molecule has 3 nitrogen and oxygen atoms in total. The zero-order chi connectivity index (χ0) is 22.7. The largest absolute Gasteiger partial charge is 0.329 e. The molecule has 1 amide bonds. The number of hydrogen-bond acceptors (Lipinski definition) is 2. The Morgan fingerprint density at radius 2 is 1.84 bits per heavy atom. The number of allylic oxidation sites excluding steroid dienone is 1. The van der Waals surface area contributed by atoms with Crippen molar-refractivity contribution in [2.45, 2.75) is 38.3 Å². The Morgan fingerprint density at radius 1 is 1.06 bits per heavy atom. The Kier molecular flexibility index (Phi) is 6.68. The van der Waals surface area contributed by atoms with Crippen molar-refractivity contribution in [3.05, 3.63) is 112 Å². The van der Waals surface area contributed by atoms with Gasteiger partial charge in [0.25, 0.3) is 0 Å². The maximum absolute atomic E-state index is 13.9. The molecule has 0 saturated carbocycles. The molecule has 3 unspecified atom stereocenters. The monoisotopic (exact) mass is 464 g/mol. The highest BCUT2D eigenvalue weighted by atomic mass is 35.5. The van der Waals surface area contributed by atoms with E-state index in [0.29, 0.717) is 29.4 Å². The first-order valence-corrected chi connectivity index (χ1v) is 11.5. The van der Waals surface area contributed by atoms with Crippen LogP contribution in [0, 0.1) is 5.41 Å². The van der Waals surface area contributed by atoms with Crippen molar-refractivity contribution in [2.75, 3.05) is 0 Å². The number of halogens is 2. The van der Waals surface area contributed by atoms with Crippen LogP contribution in [0.15, 0.2) is 85.6 Å². The summed E-state index contributed by atoms with van der Waals surface area (Å²) in [4.78, 5) is 20.4. The summed E-state index contributed by atoms with van der Waals surface area (Å²) >= 11 is 12.6. The number of carbonyl (C=O) groups excluding carboxylic acids is 1. The zero-order valence-corrected chi connectivity index (χ0v) is 19.6. The van der Waals surface area contributed by atoms with E-state index < -0.39 is 5.41 Å². The minimum Gasteiger partial charge on any atom is -0.329 e. The number of aromatic nitrogens is 1. The topological polar surface area (TPSA) is 33.2 Å². The van der Waals surface area contributed by atoms with Crippen molar-refractivity contribution in [1.82, 2.24) is 9.88 Å². The summed E-state index contributed by atoms with van der Waals surface area (Å²) < 4.78 is 0. The second-order valence-corrected chi connectivity index (χ2v) is 9.54. The molecule has 5 heteroatoms. The molecule has 0 aliphatic carbocycles. The lowest BCUT2D eigenvalue weighted by Gasteiger charge is -2.49. The highest BCUT2D eigenvalue weighted by Crippen LogP contribution is 2.51. The smallest absolute Gasteiger partial charge is 0.229 e. The van der Waals surface area contributed by atoms with E-state index in [1.54, 1.807) is 6.20 Å². The van der Waals surface area contributed by atoms with Crippen LogP contribution < -0.4 is 0 Å². The molecule has 0 bridgehead atoms. The second-order valence-electron chi connectivity index (χ2n) is 8.67. The fraction of sp³-hybridized carbons (Fsp3) is 0.259. The van der Waals surface area contributed by atoms with Crippen LogP contribution in [0.2, 0.25) is 10.0 Å². The number of benzene rings is 2. The molecule has 1 aliphatic rings. The first-order chi connectivity index (χ1) is 15.4. The third-order valence-electron chi connectivity index (χ3n) is 6.31. The minimum atomic E-state index is -0.563. The number of pyridine rings is 1. The van der Waals surface area contributed by atoms with Crippen molar-refractivity contribution < 1.29 is 4.79 Å². The van der Waals surface area contributed by atoms with Gasteiger partial charge in [0.1, 0.15) is 0 Å². The van der Waals surface area contributed by atoms with E-state index in [1.807, 2.05) is 78.6 Å². The van der Waals surface area contributed by atoms with Crippen molar-refractivity contribution in [3.63, 3.8) is 0 Å². The van der Waals surface area contributed by atoms with Crippen LogP contribution in [0.3, 0.4) is 0 Å². The molecule has 0 spiro atoms. The molecular weight excluding hydrogens is 439 g/mol. The Hall–Kier alpha value is -2.62. The lowest BCUT2D eigenvalue weighted by molar-refractivity contribution is -0.151. The molecule has 0 radical (unpaired) electrons. The van der Waals surface area contributed by atoms with E-state index in [9.17, 15) is 4.79 Å². The molecule has 1 fully saturated rings. The summed E-state index contributed by atoms with van der Waals surface area (Å²) in [7, 11) is 0. The summed E-state index contributed by atoms with van der Waals surface area (Å²) in [5.41, 5.74) is 2.45. The van der Waals surface area contributed by atoms with Crippen molar-refractivity contribution in [3.8, 4) is 0 Å². The van der Waals surface area contributed by atoms with E-state index in [0.717, 1.165) is 16.8 Å². The van der Waals surface area contributed by atoms with E-state index >= 15 is 0 Å². The Morgan fingerprint density at radius 3 is 2.50 bits per heavy atom. The van der Waals surface area contributed by atoms with Crippen LogP contribution in [0.4, 0.5) is 0 Å². The fourth-order valence-corrected chi connectivity index (χ4v) is 5.13. The molecule has 2 heterocycles. The predicted molar refractivity (Wildman–Crippen MR) is 131 cm³/mol. The lowest BCUT2D eigenvalue weighted by Crippen LogP contribution is -2.51. The van der Waals surface area contributed by atoms with Gasteiger partial charge in [0.2, 0.25) is 5.91 Å². The van der Waals surface area contributed by atoms with Crippen LogP contribution in [-0.4, -0.2) is 15.8 Å². The van der Waals surface area contributed by atoms with Gasteiger partial charge in [0.05, 0.1) is 23.7 Å². The molecule has 0 N–H and O–H groups in total. The summed E-state index contributed by atoms with van der Waals surface area (Å²) in [6.45, 7) is 6.39. The van der Waals surface area contributed by atoms with Gasteiger partial charge in [-0.25, -0.2) is 0 Å². The van der Waals surface area contributed by atoms with Gasteiger partial charge in [-0.05, 0) is 60.4 Å². The number of piperidine rings is 1. The number of amides is 1. The summed E-state index contributed by atoms with van der Waals surface area (Å²) in [5, 5.41) is 1.36. The second kappa shape index (κ2) is 9.48. The molecule has 1 aliphatic heterocycles. The Labute approximate surface area is 199 Å². The molecule has 4 rings (SSSR count). The Bertz CT molecular complexity index is 1100.